The molecule has 1 N–H and O–H groups in total. The quantitative estimate of drug-likeness (QED) is 0.603. The minimum atomic E-state index is -0.406. The number of hydrogen-bond acceptors (Lipinski definition) is 4. The van der Waals surface area contributed by atoms with Gasteiger partial charge in [-0.1, -0.05) is 6.07 Å². The van der Waals surface area contributed by atoms with Gasteiger partial charge >= 0.3 is 5.97 Å². The standard InChI is InChI=1S/C11H12N2O2/c1-8(15-9(2)14)13-11-5-3-4-10(6-11)7-12/h3-6,8,13H,1-2H3. The van der Waals surface area contributed by atoms with E-state index in [9.17, 15) is 4.79 Å². The Kier molecular flexibility index (Phi) is 3.69. The molecule has 15 heavy (non-hydrogen) atoms. The Balaban J connectivity index is 2.64. The van der Waals surface area contributed by atoms with Crippen molar-refractivity contribution in [1.82, 2.24) is 0 Å². The maximum Gasteiger partial charge on any atom is 0.304 e. The monoisotopic (exact) mass is 204 g/mol. The van der Waals surface area contributed by atoms with Crippen LogP contribution in [0.5, 0.6) is 0 Å². The molecule has 0 aromatic heterocycles. The van der Waals surface area contributed by atoms with Gasteiger partial charge in [0.25, 0.3) is 0 Å². The minimum Gasteiger partial charge on any atom is -0.442 e. The normalized spacial score (nSPS) is 11.3. The van der Waals surface area contributed by atoms with Crippen LogP contribution in [0.25, 0.3) is 0 Å². The lowest BCUT2D eigenvalue weighted by Gasteiger charge is -2.14. The van der Waals surface area contributed by atoms with Gasteiger partial charge in [-0.15, -0.1) is 0 Å². The molecule has 0 amide bonds. The van der Waals surface area contributed by atoms with Crippen LogP contribution in [-0.4, -0.2) is 12.2 Å². The van der Waals surface area contributed by atoms with Crippen LogP contribution in [0.1, 0.15) is 19.4 Å². The summed E-state index contributed by atoms with van der Waals surface area (Å²) in [6, 6.07) is 9.01. The highest BCUT2D eigenvalue weighted by Gasteiger charge is 2.04. The predicted octanol–water partition coefficient (Wildman–Crippen LogP) is 1.88. The van der Waals surface area contributed by atoms with Gasteiger partial charge in [-0.2, -0.15) is 5.26 Å². The summed E-state index contributed by atoms with van der Waals surface area (Å²) < 4.78 is 4.89. The maximum atomic E-state index is 10.7. The van der Waals surface area contributed by atoms with Crippen molar-refractivity contribution in [3.8, 4) is 6.07 Å². The summed E-state index contributed by atoms with van der Waals surface area (Å²) >= 11 is 0. The number of nitrogens with one attached hydrogen (secondary N) is 1. The van der Waals surface area contributed by atoms with E-state index in [-0.39, 0.29) is 5.97 Å². The van der Waals surface area contributed by atoms with Crippen molar-refractivity contribution >= 4 is 11.7 Å². The summed E-state index contributed by atoms with van der Waals surface area (Å²) in [4.78, 5) is 10.7. The van der Waals surface area contributed by atoms with Crippen LogP contribution in [-0.2, 0) is 9.53 Å². The number of carbonyl (C=O) groups excluding carboxylic acids is 1. The smallest absolute Gasteiger partial charge is 0.304 e. The summed E-state index contributed by atoms with van der Waals surface area (Å²) in [5.74, 6) is -0.341. The first-order valence-electron chi connectivity index (χ1n) is 4.55. The number of nitrogens with zero attached hydrogens (tertiary/aromatic N) is 1. The Labute approximate surface area is 88.5 Å². The van der Waals surface area contributed by atoms with Gasteiger partial charge in [0.2, 0.25) is 0 Å². The first kappa shape index (κ1) is 11.1. The lowest BCUT2D eigenvalue weighted by Crippen LogP contribution is -2.21. The molecule has 0 aliphatic carbocycles. The van der Waals surface area contributed by atoms with Gasteiger partial charge in [-0.3, -0.25) is 4.79 Å². The highest BCUT2D eigenvalue weighted by molar-refractivity contribution is 5.66. The first-order chi connectivity index (χ1) is 7.11. The van der Waals surface area contributed by atoms with Crippen LogP contribution in [0.15, 0.2) is 24.3 Å². The summed E-state index contributed by atoms with van der Waals surface area (Å²) in [6.07, 6.45) is -0.406. The molecular formula is C11H12N2O2. The van der Waals surface area contributed by atoms with Crippen molar-refractivity contribution < 1.29 is 9.53 Å². The van der Waals surface area contributed by atoms with Gasteiger partial charge in [0.1, 0.15) is 0 Å². The SMILES string of the molecule is CC(=O)OC(C)Nc1cccc(C#N)c1. The van der Waals surface area contributed by atoms with Crippen molar-refractivity contribution in [2.24, 2.45) is 0 Å². The van der Waals surface area contributed by atoms with Gasteiger partial charge in [0.05, 0.1) is 11.6 Å². The lowest BCUT2D eigenvalue weighted by molar-refractivity contribution is -0.144. The van der Waals surface area contributed by atoms with Crippen molar-refractivity contribution in [3.05, 3.63) is 29.8 Å². The van der Waals surface area contributed by atoms with Gasteiger partial charge in [0, 0.05) is 12.6 Å². The molecule has 0 aliphatic rings. The van der Waals surface area contributed by atoms with E-state index in [1.54, 1.807) is 31.2 Å². The lowest BCUT2D eigenvalue weighted by atomic mass is 10.2. The maximum absolute atomic E-state index is 10.7. The Morgan fingerprint density at radius 2 is 2.33 bits per heavy atom. The third-order valence-corrected chi connectivity index (χ3v) is 1.70. The van der Waals surface area contributed by atoms with Crippen LogP contribution >= 0.6 is 0 Å². The zero-order valence-electron chi connectivity index (χ0n) is 8.65. The molecule has 0 saturated carbocycles. The third-order valence-electron chi connectivity index (χ3n) is 1.70. The molecule has 0 aliphatic heterocycles. The number of hydrogen-bond donors (Lipinski definition) is 1. The van der Waals surface area contributed by atoms with Crippen LogP contribution in [0.3, 0.4) is 0 Å². The van der Waals surface area contributed by atoms with E-state index in [0.29, 0.717) is 5.56 Å². The van der Waals surface area contributed by atoms with E-state index < -0.39 is 6.23 Å². The fraction of sp³-hybridized carbons (Fsp3) is 0.273. The second-order valence-electron chi connectivity index (χ2n) is 3.09. The molecule has 4 nitrogen and oxygen atoms in total. The van der Waals surface area contributed by atoms with Crippen molar-refractivity contribution in [3.63, 3.8) is 0 Å². The zero-order valence-corrected chi connectivity index (χ0v) is 8.65. The fourth-order valence-electron chi connectivity index (χ4n) is 1.19. The number of carbonyl (C=O) groups is 1. The molecule has 0 radical (unpaired) electrons. The van der Waals surface area contributed by atoms with Gasteiger partial charge in [-0.25, -0.2) is 0 Å². The summed E-state index contributed by atoms with van der Waals surface area (Å²) in [5.41, 5.74) is 1.32. The minimum absolute atomic E-state index is 0.341. The van der Waals surface area contributed by atoms with Crippen LogP contribution in [0.2, 0.25) is 0 Å². The predicted molar refractivity (Wildman–Crippen MR) is 56.0 cm³/mol. The molecule has 0 bridgehead atoms. The number of benzene rings is 1. The molecule has 0 spiro atoms. The largest absolute Gasteiger partial charge is 0.442 e. The number of anilines is 1. The second kappa shape index (κ2) is 5.01. The van der Waals surface area contributed by atoms with Crippen molar-refractivity contribution in [2.75, 3.05) is 5.32 Å². The molecule has 0 heterocycles. The van der Waals surface area contributed by atoms with E-state index in [2.05, 4.69) is 5.32 Å². The van der Waals surface area contributed by atoms with Gasteiger partial charge in [0.15, 0.2) is 6.23 Å². The Morgan fingerprint density at radius 3 is 2.93 bits per heavy atom. The number of esters is 1. The third kappa shape index (κ3) is 3.69. The zero-order chi connectivity index (χ0) is 11.3. The highest BCUT2D eigenvalue weighted by atomic mass is 16.6. The van der Waals surface area contributed by atoms with Gasteiger partial charge < -0.3 is 10.1 Å². The van der Waals surface area contributed by atoms with Crippen molar-refractivity contribution in [2.45, 2.75) is 20.1 Å². The molecule has 0 fully saturated rings. The molecule has 78 valence electrons. The Morgan fingerprint density at radius 1 is 1.60 bits per heavy atom. The molecule has 1 aromatic rings. The molecule has 1 atom stereocenters. The van der Waals surface area contributed by atoms with Crippen LogP contribution < -0.4 is 5.32 Å². The van der Waals surface area contributed by atoms with Gasteiger partial charge in [-0.05, 0) is 25.1 Å². The summed E-state index contributed by atoms with van der Waals surface area (Å²) in [7, 11) is 0. The van der Waals surface area contributed by atoms with E-state index in [4.69, 9.17) is 10.00 Å². The Bertz CT molecular complexity index is 396. The molecular weight excluding hydrogens is 192 g/mol. The highest BCUT2D eigenvalue weighted by Crippen LogP contribution is 2.11. The number of rotatable bonds is 3. The van der Waals surface area contributed by atoms with E-state index in [0.717, 1.165) is 5.69 Å². The second-order valence-corrected chi connectivity index (χ2v) is 3.09. The molecule has 1 rings (SSSR count). The Hall–Kier alpha value is -2.02. The first-order valence-corrected chi connectivity index (χ1v) is 4.55. The van der Waals surface area contributed by atoms with E-state index in [1.165, 1.54) is 6.92 Å². The summed E-state index contributed by atoms with van der Waals surface area (Å²) in [6.45, 7) is 3.07. The van der Waals surface area contributed by atoms with Crippen LogP contribution in [0, 0.1) is 11.3 Å². The van der Waals surface area contributed by atoms with Crippen molar-refractivity contribution in [1.29, 1.82) is 5.26 Å². The van der Waals surface area contributed by atoms with Crippen LogP contribution in [0.4, 0.5) is 5.69 Å². The summed E-state index contributed by atoms with van der Waals surface area (Å²) in [5, 5.41) is 11.6. The number of ether oxygens (including phenoxy) is 1. The molecule has 4 heteroatoms. The topological polar surface area (TPSA) is 62.1 Å². The number of nitriles is 1. The molecule has 1 aromatic carbocycles. The fourth-order valence-corrected chi connectivity index (χ4v) is 1.19. The average molecular weight is 204 g/mol. The molecule has 1 unspecified atom stereocenters. The van der Waals surface area contributed by atoms with E-state index >= 15 is 0 Å². The average Bonchev–Trinajstić information content (AvgIpc) is 2.16. The van der Waals surface area contributed by atoms with E-state index in [1.807, 2.05) is 6.07 Å². The molecule has 0 saturated heterocycles.